The molecule has 25 heavy (non-hydrogen) atoms. The highest BCUT2D eigenvalue weighted by Crippen LogP contribution is 2.27. The smallest absolute Gasteiger partial charge is 0.257 e. The molecular formula is C18H18Br2N2O2S. The molecule has 0 atom stereocenters. The van der Waals surface area contributed by atoms with E-state index in [-0.39, 0.29) is 17.1 Å². The Morgan fingerprint density at radius 1 is 1.12 bits per heavy atom. The highest BCUT2D eigenvalue weighted by Gasteiger charge is 2.12. The van der Waals surface area contributed by atoms with Gasteiger partial charge in [0.15, 0.2) is 5.11 Å². The molecule has 4 nitrogen and oxygen atoms in total. The first-order valence-corrected chi connectivity index (χ1v) is 9.60. The maximum Gasteiger partial charge on any atom is 0.257 e. The molecule has 0 aliphatic heterocycles. The lowest BCUT2D eigenvalue weighted by Gasteiger charge is -2.13. The van der Waals surface area contributed by atoms with Crippen molar-refractivity contribution in [3.8, 4) is 5.75 Å². The summed E-state index contributed by atoms with van der Waals surface area (Å²) in [7, 11) is 0. The molecule has 2 N–H and O–H groups in total. The number of ether oxygens (including phenoxy) is 1. The molecule has 0 aliphatic rings. The molecular weight excluding hydrogens is 468 g/mol. The molecule has 0 saturated carbocycles. The van der Waals surface area contributed by atoms with E-state index in [4.69, 9.17) is 17.0 Å². The van der Waals surface area contributed by atoms with Gasteiger partial charge in [-0.2, -0.15) is 0 Å². The Bertz CT molecular complexity index is 810. The van der Waals surface area contributed by atoms with E-state index in [1.165, 1.54) is 0 Å². The molecule has 0 saturated heterocycles. The summed E-state index contributed by atoms with van der Waals surface area (Å²) in [6, 6.07) is 11.0. The van der Waals surface area contributed by atoms with Crippen molar-refractivity contribution >= 4 is 60.8 Å². The first kappa shape index (κ1) is 19.9. The van der Waals surface area contributed by atoms with Crippen LogP contribution in [0.3, 0.4) is 0 Å². The Kier molecular flexibility index (Phi) is 6.98. The third kappa shape index (κ3) is 5.80. The van der Waals surface area contributed by atoms with Crippen LogP contribution in [0.25, 0.3) is 0 Å². The number of hydrogen-bond donors (Lipinski definition) is 2. The summed E-state index contributed by atoms with van der Waals surface area (Å²) in [4.78, 5) is 12.4. The fraction of sp³-hybridized carbons (Fsp3) is 0.222. The molecule has 0 heterocycles. The Morgan fingerprint density at radius 2 is 1.84 bits per heavy atom. The van der Waals surface area contributed by atoms with Crippen LogP contribution in [0.1, 0.15) is 29.8 Å². The number of rotatable bonds is 4. The Labute approximate surface area is 169 Å². The lowest BCUT2D eigenvalue weighted by atomic mass is 10.2. The van der Waals surface area contributed by atoms with Crippen LogP contribution in [0.4, 0.5) is 5.69 Å². The van der Waals surface area contributed by atoms with Crippen molar-refractivity contribution in [3.63, 3.8) is 0 Å². The number of carbonyl (C=O) groups is 1. The van der Waals surface area contributed by atoms with E-state index >= 15 is 0 Å². The first-order valence-electron chi connectivity index (χ1n) is 7.61. The minimum Gasteiger partial charge on any atom is -0.490 e. The van der Waals surface area contributed by atoms with Crippen LogP contribution in [0, 0.1) is 6.92 Å². The molecule has 0 unspecified atom stereocenters. The molecule has 2 rings (SSSR count). The number of carbonyl (C=O) groups excluding carboxylic acids is 1. The first-order chi connectivity index (χ1) is 11.8. The summed E-state index contributed by atoms with van der Waals surface area (Å²) in [5.41, 5.74) is 2.40. The maximum absolute atomic E-state index is 12.4. The van der Waals surface area contributed by atoms with Crippen LogP contribution in [-0.4, -0.2) is 17.1 Å². The second-order valence-corrected chi connectivity index (χ2v) is 7.82. The summed E-state index contributed by atoms with van der Waals surface area (Å²) >= 11 is 12.1. The minimum absolute atomic E-state index is 0.0562. The molecule has 0 bridgehead atoms. The van der Waals surface area contributed by atoms with Crippen LogP contribution in [0.5, 0.6) is 5.75 Å². The normalized spacial score (nSPS) is 10.5. The number of aryl methyl sites for hydroxylation is 1. The average Bonchev–Trinajstić information content (AvgIpc) is 2.51. The van der Waals surface area contributed by atoms with Gasteiger partial charge in [-0.3, -0.25) is 10.1 Å². The van der Waals surface area contributed by atoms with E-state index in [1.54, 1.807) is 18.2 Å². The Hall–Kier alpha value is -1.44. The molecule has 132 valence electrons. The second kappa shape index (κ2) is 8.78. The van der Waals surface area contributed by atoms with Crippen LogP contribution < -0.4 is 15.4 Å². The van der Waals surface area contributed by atoms with Crippen molar-refractivity contribution < 1.29 is 9.53 Å². The van der Waals surface area contributed by atoms with Crippen LogP contribution in [0.2, 0.25) is 0 Å². The van der Waals surface area contributed by atoms with Gasteiger partial charge in [0.1, 0.15) is 5.75 Å². The highest BCUT2D eigenvalue weighted by molar-refractivity contribution is 9.11. The van der Waals surface area contributed by atoms with E-state index in [9.17, 15) is 4.79 Å². The van der Waals surface area contributed by atoms with Gasteiger partial charge in [0, 0.05) is 10.0 Å². The summed E-state index contributed by atoms with van der Waals surface area (Å²) in [6.07, 6.45) is 0.0562. The zero-order chi connectivity index (χ0) is 18.6. The van der Waals surface area contributed by atoms with Crippen molar-refractivity contribution in [1.82, 2.24) is 5.32 Å². The maximum atomic E-state index is 12.4. The van der Waals surface area contributed by atoms with Gasteiger partial charge < -0.3 is 10.1 Å². The predicted octanol–water partition coefficient (Wildman–Crippen LogP) is 5.43. The zero-order valence-electron chi connectivity index (χ0n) is 14.0. The fourth-order valence-electron chi connectivity index (χ4n) is 2.04. The summed E-state index contributed by atoms with van der Waals surface area (Å²) < 4.78 is 7.23. The molecule has 0 radical (unpaired) electrons. The number of nitrogens with one attached hydrogen (secondary N) is 2. The molecule has 0 aromatic heterocycles. The minimum atomic E-state index is -0.294. The third-order valence-corrected chi connectivity index (χ3v) is 4.64. The summed E-state index contributed by atoms with van der Waals surface area (Å²) in [5, 5.41) is 5.91. The van der Waals surface area contributed by atoms with Gasteiger partial charge in [0.05, 0.1) is 16.3 Å². The SMILES string of the molecule is Cc1ccc(NC(=S)NC(=O)c2ccc(OC(C)C)c(Br)c2)c(Br)c1. The molecule has 0 spiro atoms. The van der Waals surface area contributed by atoms with Crippen molar-refractivity contribution in [2.24, 2.45) is 0 Å². The standard InChI is InChI=1S/C18H18Br2N2O2S/c1-10(2)24-16-7-5-12(9-14(16)20)17(23)22-18(25)21-15-6-4-11(3)8-13(15)19/h4-10H,1-3H3,(H2,21,22,23,25). The van der Waals surface area contributed by atoms with Gasteiger partial charge in [-0.25, -0.2) is 0 Å². The van der Waals surface area contributed by atoms with Crippen molar-refractivity contribution in [1.29, 1.82) is 0 Å². The molecule has 0 aliphatic carbocycles. The van der Waals surface area contributed by atoms with E-state index in [2.05, 4.69) is 42.5 Å². The largest absolute Gasteiger partial charge is 0.490 e. The summed E-state index contributed by atoms with van der Waals surface area (Å²) in [5.74, 6) is 0.397. The fourth-order valence-corrected chi connectivity index (χ4v) is 3.31. The molecule has 2 aromatic rings. The van der Waals surface area contributed by atoms with Gasteiger partial charge in [-0.1, -0.05) is 6.07 Å². The van der Waals surface area contributed by atoms with Gasteiger partial charge in [-0.15, -0.1) is 0 Å². The van der Waals surface area contributed by atoms with Gasteiger partial charge in [0.2, 0.25) is 0 Å². The lowest BCUT2D eigenvalue weighted by Crippen LogP contribution is -2.34. The quantitative estimate of drug-likeness (QED) is 0.566. The van der Waals surface area contributed by atoms with Crippen molar-refractivity contribution in [2.75, 3.05) is 5.32 Å². The highest BCUT2D eigenvalue weighted by atomic mass is 79.9. The van der Waals surface area contributed by atoms with E-state index < -0.39 is 0 Å². The van der Waals surface area contributed by atoms with E-state index in [0.717, 1.165) is 15.7 Å². The third-order valence-electron chi connectivity index (χ3n) is 3.16. The number of benzene rings is 2. The Balaban J connectivity index is 2.03. The van der Waals surface area contributed by atoms with Crippen molar-refractivity contribution in [3.05, 3.63) is 56.5 Å². The zero-order valence-corrected chi connectivity index (χ0v) is 18.0. The number of hydrogen-bond acceptors (Lipinski definition) is 3. The lowest BCUT2D eigenvalue weighted by molar-refractivity contribution is 0.0977. The number of thiocarbonyl (C=S) groups is 1. The second-order valence-electron chi connectivity index (χ2n) is 5.70. The molecule has 0 fully saturated rings. The van der Waals surface area contributed by atoms with Gasteiger partial charge in [-0.05, 0) is 101 Å². The summed E-state index contributed by atoms with van der Waals surface area (Å²) in [6.45, 7) is 5.89. The average molecular weight is 486 g/mol. The van der Waals surface area contributed by atoms with Crippen LogP contribution in [0.15, 0.2) is 45.3 Å². The van der Waals surface area contributed by atoms with E-state index in [0.29, 0.717) is 15.8 Å². The van der Waals surface area contributed by atoms with Gasteiger partial charge in [0.25, 0.3) is 5.91 Å². The van der Waals surface area contributed by atoms with E-state index in [1.807, 2.05) is 39.0 Å². The predicted molar refractivity (Wildman–Crippen MR) is 112 cm³/mol. The molecule has 2 aromatic carbocycles. The molecule has 1 amide bonds. The number of halogens is 2. The monoisotopic (exact) mass is 484 g/mol. The Morgan fingerprint density at radius 3 is 2.44 bits per heavy atom. The van der Waals surface area contributed by atoms with Crippen molar-refractivity contribution in [2.45, 2.75) is 26.9 Å². The number of anilines is 1. The van der Waals surface area contributed by atoms with Crippen LogP contribution in [-0.2, 0) is 0 Å². The number of amides is 1. The molecule has 7 heteroatoms. The van der Waals surface area contributed by atoms with Crippen LogP contribution >= 0.6 is 44.1 Å². The van der Waals surface area contributed by atoms with Gasteiger partial charge >= 0.3 is 0 Å². The topological polar surface area (TPSA) is 50.4 Å².